The topological polar surface area (TPSA) is 70.2 Å². The number of carbonyl (C=O) groups excluding carboxylic acids is 2. The molecule has 2 amide bonds. The highest BCUT2D eigenvalue weighted by Crippen LogP contribution is 2.32. The van der Waals surface area contributed by atoms with Crippen molar-refractivity contribution < 1.29 is 9.59 Å². The zero-order valence-corrected chi connectivity index (χ0v) is 11.9. The summed E-state index contributed by atoms with van der Waals surface area (Å²) in [5.41, 5.74) is 0. The van der Waals surface area contributed by atoms with E-state index in [2.05, 4.69) is 16.0 Å². The number of hydrogen-bond donors (Lipinski definition) is 3. The molecule has 2 bridgehead atoms. The minimum absolute atomic E-state index is 0.00468. The van der Waals surface area contributed by atoms with Crippen molar-refractivity contribution in [3.63, 3.8) is 0 Å². The third-order valence-corrected chi connectivity index (χ3v) is 4.17. The van der Waals surface area contributed by atoms with Gasteiger partial charge in [0.05, 0.1) is 0 Å². The van der Waals surface area contributed by atoms with Gasteiger partial charge in [0.25, 0.3) is 0 Å². The monoisotopic (exact) mass is 267 g/mol. The molecule has 0 aromatic rings. The first-order valence-corrected chi connectivity index (χ1v) is 7.41. The van der Waals surface area contributed by atoms with Crippen LogP contribution in [0.3, 0.4) is 0 Å². The maximum Gasteiger partial charge on any atom is 0.242 e. The zero-order valence-electron chi connectivity index (χ0n) is 11.9. The molecule has 2 aliphatic rings. The SMILES string of the molecule is CCNC(=O)C(C)NC(=O)CC1CC2CCC(C1)N2. The van der Waals surface area contributed by atoms with Gasteiger partial charge in [0, 0.05) is 25.0 Å². The van der Waals surface area contributed by atoms with Gasteiger partial charge in [-0.05, 0) is 45.4 Å². The molecule has 3 unspecified atom stereocenters. The maximum atomic E-state index is 12.0. The molecule has 0 aromatic carbocycles. The van der Waals surface area contributed by atoms with E-state index in [4.69, 9.17) is 0 Å². The van der Waals surface area contributed by atoms with Crippen LogP contribution in [0.5, 0.6) is 0 Å². The van der Waals surface area contributed by atoms with Crippen LogP contribution in [0, 0.1) is 5.92 Å². The van der Waals surface area contributed by atoms with E-state index in [0.29, 0.717) is 31.0 Å². The molecule has 108 valence electrons. The molecule has 2 fully saturated rings. The van der Waals surface area contributed by atoms with Crippen LogP contribution in [0.1, 0.15) is 46.0 Å². The number of carbonyl (C=O) groups is 2. The van der Waals surface area contributed by atoms with E-state index < -0.39 is 6.04 Å². The Morgan fingerprint density at radius 2 is 1.89 bits per heavy atom. The number of nitrogens with one attached hydrogen (secondary N) is 3. The average molecular weight is 267 g/mol. The Morgan fingerprint density at radius 1 is 1.26 bits per heavy atom. The summed E-state index contributed by atoms with van der Waals surface area (Å²) < 4.78 is 0. The van der Waals surface area contributed by atoms with Crippen LogP contribution in [-0.4, -0.2) is 36.5 Å². The van der Waals surface area contributed by atoms with E-state index in [-0.39, 0.29) is 11.8 Å². The van der Waals surface area contributed by atoms with Gasteiger partial charge in [0.1, 0.15) is 6.04 Å². The fourth-order valence-corrected chi connectivity index (χ4v) is 3.30. The Hall–Kier alpha value is -1.10. The molecular formula is C14H25N3O2. The van der Waals surface area contributed by atoms with Crippen LogP contribution in [-0.2, 0) is 9.59 Å². The Bertz CT molecular complexity index is 334. The van der Waals surface area contributed by atoms with Crippen LogP contribution in [0.15, 0.2) is 0 Å². The zero-order chi connectivity index (χ0) is 13.8. The van der Waals surface area contributed by atoms with Crippen molar-refractivity contribution in [1.29, 1.82) is 0 Å². The minimum atomic E-state index is -0.439. The molecule has 2 aliphatic heterocycles. The Balaban J connectivity index is 1.73. The van der Waals surface area contributed by atoms with Gasteiger partial charge in [-0.2, -0.15) is 0 Å². The van der Waals surface area contributed by atoms with Crippen molar-refractivity contribution in [2.24, 2.45) is 5.92 Å². The molecule has 0 aromatic heterocycles. The molecule has 2 rings (SSSR count). The highest BCUT2D eigenvalue weighted by molar-refractivity contribution is 5.87. The van der Waals surface area contributed by atoms with Crippen LogP contribution < -0.4 is 16.0 Å². The molecule has 0 saturated carbocycles. The fraction of sp³-hybridized carbons (Fsp3) is 0.857. The number of fused-ring (bicyclic) bond motifs is 2. The average Bonchev–Trinajstić information content (AvgIpc) is 2.68. The summed E-state index contributed by atoms with van der Waals surface area (Å²) >= 11 is 0. The normalized spacial score (nSPS) is 30.7. The highest BCUT2D eigenvalue weighted by Gasteiger charge is 2.34. The largest absolute Gasteiger partial charge is 0.355 e. The van der Waals surface area contributed by atoms with Gasteiger partial charge in [0.2, 0.25) is 11.8 Å². The third-order valence-electron chi connectivity index (χ3n) is 4.17. The van der Waals surface area contributed by atoms with Crippen LogP contribution in [0.4, 0.5) is 0 Å². The smallest absolute Gasteiger partial charge is 0.242 e. The number of piperidine rings is 1. The second-order valence-electron chi connectivity index (χ2n) is 5.86. The van der Waals surface area contributed by atoms with E-state index >= 15 is 0 Å². The summed E-state index contributed by atoms with van der Waals surface area (Å²) in [5, 5.41) is 9.08. The predicted octanol–water partition coefficient (Wildman–Crippen LogP) is 0.548. The van der Waals surface area contributed by atoms with Crippen LogP contribution in [0.25, 0.3) is 0 Å². The van der Waals surface area contributed by atoms with Crippen molar-refractivity contribution in [2.75, 3.05) is 6.54 Å². The first-order chi connectivity index (χ1) is 9.08. The summed E-state index contributed by atoms with van der Waals surface area (Å²) in [4.78, 5) is 23.5. The lowest BCUT2D eigenvalue weighted by Gasteiger charge is -2.28. The van der Waals surface area contributed by atoms with Crippen molar-refractivity contribution >= 4 is 11.8 Å². The fourth-order valence-electron chi connectivity index (χ4n) is 3.30. The standard InChI is InChI=1S/C14H25N3O2/c1-3-15-14(19)9(2)16-13(18)8-10-6-11-4-5-12(7-10)17-11/h9-12,17H,3-8H2,1-2H3,(H,15,19)(H,16,18). The van der Waals surface area contributed by atoms with Gasteiger partial charge in [-0.15, -0.1) is 0 Å². The molecule has 19 heavy (non-hydrogen) atoms. The summed E-state index contributed by atoms with van der Waals surface area (Å²) in [6, 6.07) is 0.778. The molecular weight excluding hydrogens is 242 g/mol. The summed E-state index contributed by atoms with van der Waals surface area (Å²) in [7, 11) is 0. The quantitative estimate of drug-likeness (QED) is 0.681. The summed E-state index contributed by atoms with van der Waals surface area (Å²) in [6.45, 7) is 4.20. The maximum absolute atomic E-state index is 12.0. The lowest BCUT2D eigenvalue weighted by atomic mass is 9.89. The van der Waals surface area contributed by atoms with Crippen LogP contribution in [0.2, 0.25) is 0 Å². The van der Waals surface area contributed by atoms with Gasteiger partial charge in [-0.3, -0.25) is 9.59 Å². The van der Waals surface area contributed by atoms with E-state index in [1.54, 1.807) is 6.92 Å². The molecule has 5 heteroatoms. The van der Waals surface area contributed by atoms with Gasteiger partial charge >= 0.3 is 0 Å². The Labute approximate surface area is 114 Å². The predicted molar refractivity (Wildman–Crippen MR) is 73.6 cm³/mol. The van der Waals surface area contributed by atoms with Crippen molar-refractivity contribution in [2.45, 2.75) is 64.1 Å². The second kappa shape index (κ2) is 6.37. The molecule has 3 atom stereocenters. The molecule has 0 aliphatic carbocycles. The first kappa shape index (κ1) is 14.3. The summed E-state index contributed by atoms with van der Waals surface area (Å²) in [6.07, 6.45) is 5.24. The lowest BCUT2D eigenvalue weighted by Crippen LogP contribution is -2.46. The number of amides is 2. The molecule has 0 spiro atoms. The van der Waals surface area contributed by atoms with Crippen molar-refractivity contribution in [1.82, 2.24) is 16.0 Å². The first-order valence-electron chi connectivity index (χ1n) is 7.41. The van der Waals surface area contributed by atoms with Gasteiger partial charge in [-0.25, -0.2) is 0 Å². The van der Waals surface area contributed by atoms with Gasteiger partial charge in [0.15, 0.2) is 0 Å². The van der Waals surface area contributed by atoms with E-state index in [1.165, 1.54) is 12.8 Å². The number of likely N-dealkylation sites (N-methyl/N-ethyl adjacent to an activating group) is 1. The Morgan fingerprint density at radius 3 is 2.47 bits per heavy atom. The van der Waals surface area contributed by atoms with Crippen LogP contribution >= 0.6 is 0 Å². The number of hydrogen-bond acceptors (Lipinski definition) is 3. The van der Waals surface area contributed by atoms with Crippen molar-refractivity contribution in [3.05, 3.63) is 0 Å². The minimum Gasteiger partial charge on any atom is -0.355 e. The second-order valence-corrected chi connectivity index (χ2v) is 5.86. The molecule has 2 heterocycles. The van der Waals surface area contributed by atoms with E-state index in [9.17, 15) is 9.59 Å². The molecule has 2 saturated heterocycles. The molecule has 3 N–H and O–H groups in total. The number of rotatable bonds is 5. The van der Waals surface area contributed by atoms with E-state index in [0.717, 1.165) is 12.8 Å². The third kappa shape index (κ3) is 3.93. The highest BCUT2D eigenvalue weighted by atomic mass is 16.2. The van der Waals surface area contributed by atoms with Crippen molar-refractivity contribution in [3.8, 4) is 0 Å². The summed E-state index contributed by atoms with van der Waals surface area (Å²) in [5.74, 6) is 0.367. The van der Waals surface area contributed by atoms with E-state index in [1.807, 2.05) is 6.92 Å². The van der Waals surface area contributed by atoms with Gasteiger partial charge < -0.3 is 16.0 Å². The van der Waals surface area contributed by atoms with Gasteiger partial charge in [-0.1, -0.05) is 0 Å². The molecule has 0 radical (unpaired) electrons. The molecule has 5 nitrogen and oxygen atoms in total. The Kier molecular flexibility index (Phi) is 4.80. The lowest BCUT2D eigenvalue weighted by molar-refractivity contribution is -0.129.